The fraction of sp³-hybridized carbons (Fsp3) is 0.125. The fourth-order valence-corrected chi connectivity index (χ4v) is 2.51. The zero-order valence-corrected chi connectivity index (χ0v) is 11.4. The first-order chi connectivity index (χ1) is 9.19. The summed E-state index contributed by atoms with van der Waals surface area (Å²) >= 11 is 6.00. The molecule has 2 aromatic carbocycles. The van der Waals surface area contributed by atoms with Gasteiger partial charge in [0.2, 0.25) is 0 Å². The lowest BCUT2D eigenvalue weighted by molar-refractivity contribution is 0.628. The third-order valence-electron chi connectivity index (χ3n) is 3.29. The Morgan fingerprint density at radius 2 is 2.00 bits per heavy atom. The molecule has 0 atom stereocenters. The Morgan fingerprint density at radius 1 is 1.16 bits per heavy atom. The lowest BCUT2D eigenvalue weighted by Gasteiger charge is -2.05. The van der Waals surface area contributed by atoms with E-state index in [4.69, 9.17) is 21.8 Å². The third-order valence-corrected chi connectivity index (χ3v) is 3.53. The minimum absolute atomic E-state index is 0.436. The summed E-state index contributed by atoms with van der Waals surface area (Å²) in [4.78, 5) is 0. The molecule has 0 aliphatic rings. The lowest BCUT2D eigenvalue weighted by atomic mass is 10.1. The molecule has 2 N–H and O–H groups in total. The van der Waals surface area contributed by atoms with Crippen LogP contribution in [-0.2, 0) is 6.54 Å². The second kappa shape index (κ2) is 4.72. The molecule has 0 unspecified atom stereocenters. The fourth-order valence-electron chi connectivity index (χ4n) is 2.31. The number of halogens is 1. The SMILES string of the molecule is Cc1cccc2cc(-c3ccc(Cl)cc3CN)oc12. The van der Waals surface area contributed by atoms with Gasteiger partial charge in [-0.2, -0.15) is 0 Å². The maximum Gasteiger partial charge on any atom is 0.137 e. The van der Waals surface area contributed by atoms with Crippen molar-refractivity contribution in [1.82, 2.24) is 0 Å². The third kappa shape index (κ3) is 2.14. The van der Waals surface area contributed by atoms with Crippen molar-refractivity contribution in [2.24, 2.45) is 5.73 Å². The van der Waals surface area contributed by atoms with E-state index in [9.17, 15) is 0 Å². The van der Waals surface area contributed by atoms with Crippen molar-refractivity contribution in [1.29, 1.82) is 0 Å². The highest BCUT2D eigenvalue weighted by atomic mass is 35.5. The van der Waals surface area contributed by atoms with Gasteiger partial charge in [0.05, 0.1) is 0 Å². The number of benzene rings is 2. The molecule has 1 aromatic heterocycles. The van der Waals surface area contributed by atoms with E-state index in [1.807, 2.05) is 49.4 Å². The smallest absolute Gasteiger partial charge is 0.137 e. The minimum atomic E-state index is 0.436. The number of nitrogens with two attached hydrogens (primary N) is 1. The Kier molecular flexibility index (Phi) is 3.05. The van der Waals surface area contributed by atoms with Crippen molar-refractivity contribution in [2.45, 2.75) is 13.5 Å². The van der Waals surface area contributed by atoms with E-state index in [0.717, 1.165) is 33.4 Å². The number of fused-ring (bicyclic) bond motifs is 1. The van der Waals surface area contributed by atoms with Crippen LogP contribution >= 0.6 is 11.6 Å². The predicted molar refractivity (Wildman–Crippen MR) is 79.3 cm³/mol. The summed E-state index contributed by atoms with van der Waals surface area (Å²) in [5, 5.41) is 1.80. The van der Waals surface area contributed by atoms with Crippen molar-refractivity contribution >= 4 is 22.6 Å². The highest BCUT2D eigenvalue weighted by Gasteiger charge is 2.11. The number of rotatable bonds is 2. The van der Waals surface area contributed by atoms with Gasteiger partial charge >= 0.3 is 0 Å². The second-order valence-corrected chi connectivity index (χ2v) is 5.05. The van der Waals surface area contributed by atoms with Gasteiger partial charge in [-0.25, -0.2) is 0 Å². The molecular formula is C16H14ClNO. The van der Waals surface area contributed by atoms with Crippen molar-refractivity contribution in [3.63, 3.8) is 0 Å². The average Bonchev–Trinajstić information content (AvgIpc) is 2.83. The Labute approximate surface area is 116 Å². The monoisotopic (exact) mass is 271 g/mol. The highest BCUT2D eigenvalue weighted by molar-refractivity contribution is 6.30. The van der Waals surface area contributed by atoms with Crippen LogP contribution in [0.5, 0.6) is 0 Å². The number of furan rings is 1. The number of hydrogen-bond donors (Lipinski definition) is 1. The van der Waals surface area contributed by atoms with Gasteiger partial charge in [-0.15, -0.1) is 0 Å². The van der Waals surface area contributed by atoms with Crippen molar-refractivity contribution < 1.29 is 4.42 Å². The first-order valence-corrected chi connectivity index (χ1v) is 6.55. The van der Waals surface area contributed by atoms with Gasteiger partial charge in [0, 0.05) is 22.5 Å². The topological polar surface area (TPSA) is 39.2 Å². The van der Waals surface area contributed by atoms with Gasteiger partial charge in [0.1, 0.15) is 11.3 Å². The van der Waals surface area contributed by atoms with Crippen LogP contribution in [0.25, 0.3) is 22.3 Å². The molecule has 0 amide bonds. The molecule has 0 aliphatic heterocycles. The van der Waals surface area contributed by atoms with E-state index < -0.39 is 0 Å². The van der Waals surface area contributed by atoms with E-state index in [0.29, 0.717) is 11.6 Å². The molecule has 0 saturated heterocycles. The number of hydrogen-bond acceptors (Lipinski definition) is 2. The largest absolute Gasteiger partial charge is 0.456 e. The second-order valence-electron chi connectivity index (χ2n) is 4.61. The summed E-state index contributed by atoms with van der Waals surface area (Å²) in [6, 6.07) is 13.9. The van der Waals surface area contributed by atoms with Crippen LogP contribution in [0, 0.1) is 6.92 Å². The first-order valence-electron chi connectivity index (χ1n) is 6.17. The maximum absolute atomic E-state index is 6.00. The normalized spacial score (nSPS) is 11.1. The zero-order chi connectivity index (χ0) is 13.4. The van der Waals surface area contributed by atoms with Gasteiger partial charge in [0.15, 0.2) is 0 Å². The Balaban J connectivity index is 2.22. The molecule has 0 fully saturated rings. The number of para-hydroxylation sites is 1. The average molecular weight is 272 g/mol. The quantitative estimate of drug-likeness (QED) is 0.744. The molecule has 1 heterocycles. The van der Waals surface area contributed by atoms with Gasteiger partial charge in [-0.05, 0) is 42.3 Å². The van der Waals surface area contributed by atoms with Gasteiger partial charge < -0.3 is 10.2 Å². The summed E-state index contributed by atoms with van der Waals surface area (Å²) < 4.78 is 5.97. The van der Waals surface area contributed by atoms with Crippen molar-refractivity contribution in [2.75, 3.05) is 0 Å². The molecule has 0 spiro atoms. The molecule has 3 heteroatoms. The summed E-state index contributed by atoms with van der Waals surface area (Å²) in [6.45, 7) is 2.48. The van der Waals surface area contributed by atoms with Crippen LogP contribution in [0.15, 0.2) is 46.9 Å². The predicted octanol–water partition coefficient (Wildman–Crippen LogP) is 4.52. The van der Waals surface area contributed by atoms with Crippen LogP contribution in [0.2, 0.25) is 5.02 Å². The Bertz CT molecular complexity index is 746. The standard InChI is InChI=1S/C16H14ClNO/c1-10-3-2-4-11-8-15(19-16(10)11)14-6-5-13(17)7-12(14)9-18/h2-8H,9,18H2,1H3. The van der Waals surface area contributed by atoms with E-state index in [-0.39, 0.29) is 0 Å². The van der Waals surface area contributed by atoms with Crippen molar-refractivity contribution in [3.8, 4) is 11.3 Å². The van der Waals surface area contributed by atoms with E-state index in [2.05, 4.69) is 0 Å². The zero-order valence-electron chi connectivity index (χ0n) is 10.6. The van der Waals surface area contributed by atoms with Crippen LogP contribution in [0.4, 0.5) is 0 Å². The van der Waals surface area contributed by atoms with E-state index in [1.54, 1.807) is 0 Å². The van der Waals surface area contributed by atoms with Gasteiger partial charge in [0.25, 0.3) is 0 Å². The highest BCUT2D eigenvalue weighted by Crippen LogP contribution is 2.32. The van der Waals surface area contributed by atoms with Crippen LogP contribution < -0.4 is 5.73 Å². The minimum Gasteiger partial charge on any atom is -0.456 e. The molecule has 3 rings (SSSR count). The maximum atomic E-state index is 6.00. The van der Waals surface area contributed by atoms with Gasteiger partial charge in [-0.1, -0.05) is 29.8 Å². The summed E-state index contributed by atoms with van der Waals surface area (Å²) in [6.07, 6.45) is 0. The summed E-state index contributed by atoms with van der Waals surface area (Å²) in [5.74, 6) is 0.835. The summed E-state index contributed by atoms with van der Waals surface area (Å²) in [5.41, 5.74) is 9.83. The van der Waals surface area contributed by atoms with Gasteiger partial charge in [-0.3, -0.25) is 0 Å². The molecule has 0 radical (unpaired) electrons. The molecule has 0 saturated carbocycles. The van der Waals surface area contributed by atoms with E-state index in [1.165, 1.54) is 0 Å². The summed E-state index contributed by atoms with van der Waals surface area (Å²) in [7, 11) is 0. The molecule has 96 valence electrons. The van der Waals surface area contributed by atoms with Crippen LogP contribution in [0.3, 0.4) is 0 Å². The van der Waals surface area contributed by atoms with Crippen LogP contribution in [0.1, 0.15) is 11.1 Å². The van der Waals surface area contributed by atoms with Crippen molar-refractivity contribution in [3.05, 3.63) is 58.6 Å². The molecule has 0 aliphatic carbocycles. The molecule has 0 bridgehead atoms. The number of aryl methyl sites for hydroxylation is 1. The van der Waals surface area contributed by atoms with Crippen LogP contribution in [-0.4, -0.2) is 0 Å². The Hall–Kier alpha value is -1.77. The molecular weight excluding hydrogens is 258 g/mol. The molecule has 3 aromatic rings. The Morgan fingerprint density at radius 3 is 2.74 bits per heavy atom. The molecule has 2 nitrogen and oxygen atoms in total. The van der Waals surface area contributed by atoms with E-state index >= 15 is 0 Å². The lowest BCUT2D eigenvalue weighted by Crippen LogP contribution is -1.98. The molecule has 19 heavy (non-hydrogen) atoms. The first kappa shape index (κ1) is 12.3.